The van der Waals surface area contributed by atoms with Crippen LogP contribution in [0.15, 0.2) is 23.3 Å². The Hall–Kier alpha value is -1.53. The topological polar surface area (TPSA) is 225 Å². The van der Waals surface area contributed by atoms with Gasteiger partial charge in [0, 0.05) is 23.2 Å². The number of carbonyl (C=O) groups is 1. The van der Waals surface area contributed by atoms with Crippen LogP contribution in [0.4, 0.5) is 0 Å². The molecule has 14 heteroatoms. The molecule has 0 amide bonds. The molecule has 0 aromatic heterocycles. The summed E-state index contributed by atoms with van der Waals surface area (Å²) in [5, 5.41) is 88.6. The molecule has 19 atom stereocenters. The van der Waals surface area contributed by atoms with E-state index in [1.54, 1.807) is 6.92 Å². The van der Waals surface area contributed by atoms with Crippen molar-refractivity contribution in [3.05, 3.63) is 23.3 Å². The van der Waals surface area contributed by atoms with Crippen molar-refractivity contribution in [3.8, 4) is 0 Å². The average molecular weight is 823 g/mol. The van der Waals surface area contributed by atoms with E-state index in [-0.39, 0.29) is 46.7 Å². The molecule has 2 aliphatic heterocycles. The molecule has 330 valence electrons. The molecule has 19 unspecified atom stereocenters. The van der Waals surface area contributed by atoms with E-state index in [9.17, 15) is 45.6 Å². The third-order valence-electron chi connectivity index (χ3n) is 17.1. The standard InChI is InChI=1S/C44H70O14/c1-22-31(50)36(58-37-33(52)32(51)35(55-23(2)48)26(19-45)56-37)34(53)38(54-22)57-30-12-13-40(5)27(41(30,6)20-46)11-14-42(7)28(40)10-9-24-25-17-39(3,4)15-16-44(25,21-47)29(49)18-43(24,42)8/h9-10,22,26-38,45-47,49-53H,11-21H2,1-8H3. The van der Waals surface area contributed by atoms with Crippen LogP contribution >= 0.6 is 0 Å². The molecule has 14 nitrogen and oxygen atoms in total. The van der Waals surface area contributed by atoms with Gasteiger partial charge in [-0.15, -0.1) is 0 Å². The van der Waals surface area contributed by atoms with E-state index >= 15 is 0 Å². The van der Waals surface area contributed by atoms with E-state index in [0.717, 1.165) is 45.4 Å². The van der Waals surface area contributed by atoms with Gasteiger partial charge in [-0.2, -0.15) is 0 Å². The van der Waals surface area contributed by atoms with Gasteiger partial charge in [0.05, 0.1) is 38.1 Å². The number of aliphatic hydroxyl groups is 8. The summed E-state index contributed by atoms with van der Waals surface area (Å²) >= 11 is 0. The monoisotopic (exact) mass is 822 g/mol. The first-order valence-electron chi connectivity index (χ1n) is 21.5. The molecular formula is C44H70O14. The molecule has 5 aliphatic carbocycles. The number of allylic oxidation sites excluding steroid dienone is 3. The molecule has 7 rings (SSSR count). The first kappa shape index (κ1) is 44.5. The first-order valence-corrected chi connectivity index (χ1v) is 21.5. The predicted molar refractivity (Wildman–Crippen MR) is 208 cm³/mol. The molecular weight excluding hydrogens is 752 g/mol. The number of carbonyl (C=O) groups excluding carboxylic acids is 1. The third-order valence-corrected chi connectivity index (χ3v) is 17.1. The molecule has 0 aromatic rings. The number of aliphatic hydroxyl groups excluding tert-OH is 8. The Morgan fingerprint density at radius 3 is 2.14 bits per heavy atom. The van der Waals surface area contributed by atoms with Gasteiger partial charge in [0.25, 0.3) is 0 Å². The van der Waals surface area contributed by atoms with Gasteiger partial charge in [0.1, 0.15) is 36.6 Å². The molecule has 7 aliphatic rings. The van der Waals surface area contributed by atoms with Crippen molar-refractivity contribution in [3.63, 3.8) is 0 Å². The van der Waals surface area contributed by atoms with Crippen molar-refractivity contribution >= 4 is 5.97 Å². The van der Waals surface area contributed by atoms with E-state index in [0.29, 0.717) is 12.8 Å². The van der Waals surface area contributed by atoms with Crippen LogP contribution in [0.25, 0.3) is 0 Å². The van der Waals surface area contributed by atoms with E-state index in [2.05, 4.69) is 46.8 Å². The van der Waals surface area contributed by atoms with Crippen molar-refractivity contribution in [1.82, 2.24) is 0 Å². The summed E-state index contributed by atoms with van der Waals surface area (Å²) in [6.07, 6.45) is -4.75. The second-order valence-electron chi connectivity index (χ2n) is 20.9. The maximum atomic E-state index is 12.0. The highest BCUT2D eigenvalue weighted by Crippen LogP contribution is 2.74. The minimum atomic E-state index is -1.76. The Labute approximate surface area is 342 Å². The maximum Gasteiger partial charge on any atom is 0.303 e. The smallest absolute Gasteiger partial charge is 0.303 e. The van der Waals surface area contributed by atoms with Crippen LogP contribution in [0.3, 0.4) is 0 Å². The highest BCUT2D eigenvalue weighted by Gasteiger charge is 2.69. The van der Waals surface area contributed by atoms with Gasteiger partial charge < -0.3 is 64.5 Å². The van der Waals surface area contributed by atoms with E-state index in [4.69, 9.17) is 23.7 Å². The van der Waals surface area contributed by atoms with E-state index in [1.807, 2.05) is 6.92 Å². The van der Waals surface area contributed by atoms with Crippen LogP contribution in [0, 0.1) is 44.3 Å². The highest BCUT2D eigenvalue weighted by molar-refractivity contribution is 5.66. The molecule has 0 bridgehead atoms. The number of hydrogen-bond donors (Lipinski definition) is 8. The van der Waals surface area contributed by atoms with Gasteiger partial charge in [-0.05, 0) is 91.9 Å². The SMILES string of the molecule is CC(=O)OC1C(CO)OC(OC2C(O)C(C)OC(OC3CCC4(C)C(CCC5(C)C4C=CC4=C6CC(C)(C)CCC6(CO)C(O)CC45C)C3(C)CO)C2O)C(O)C1O. The molecule has 0 radical (unpaired) electrons. The number of esters is 1. The fourth-order valence-electron chi connectivity index (χ4n) is 13.4. The Balaban J connectivity index is 1.13. The number of fused-ring (bicyclic) bond motifs is 6. The van der Waals surface area contributed by atoms with Crippen LogP contribution in [-0.4, -0.2) is 140 Å². The average Bonchev–Trinajstić information content (AvgIpc) is 3.16. The van der Waals surface area contributed by atoms with Gasteiger partial charge in [-0.1, -0.05) is 59.3 Å². The Morgan fingerprint density at radius 2 is 1.50 bits per heavy atom. The van der Waals surface area contributed by atoms with Crippen LogP contribution in [0.5, 0.6) is 0 Å². The largest absolute Gasteiger partial charge is 0.457 e. The summed E-state index contributed by atoms with van der Waals surface area (Å²) in [5.74, 6) is -0.623. The normalized spacial score (nSPS) is 52.6. The van der Waals surface area contributed by atoms with E-state index < -0.39 is 97.0 Å². The van der Waals surface area contributed by atoms with Crippen molar-refractivity contribution in [1.29, 1.82) is 0 Å². The number of ether oxygens (including phenoxy) is 5. The molecule has 0 aromatic carbocycles. The lowest BCUT2D eigenvalue weighted by Crippen LogP contribution is -2.67. The second kappa shape index (κ2) is 15.4. The quantitative estimate of drug-likeness (QED) is 0.130. The molecule has 0 spiro atoms. The lowest BCUT2D eigenvalue weighted by Gasteiger charge is -2.70. The molecule has 5 fully saturated rings. The summed E-state index contributed by atoms with van der Waals surface area (Å²) in [5.41, 5.74) is 0.393. The molecule has 2 saturated heterocycles. The summed E-state index contributed by atoms with van der Waals surface area (Å²) < 4.78 is 29.4. The number of hydrogen-bond acceptors (Lipinski definition) is 14. The Bertz CT molecular complexity index is 1620. The summed E-state index contributed by atoms with van der Waals surface area (Å²) in [6.45, 7) is 15.4. The maximum absolute atomic E-state index is 12.0. The minimum absolute atomic E-state index is 0.00610. The highest BCUT2D eigenvalue weighted by atomic mass is 16.7. The van der Waals surface area contributed by atoms with Gasteiger partial charge in [0.2, 0.25) is 0 Å². The van der Waals surface area contributed by atoms with E-state index in [1.165, 1.54) is 11.1 Å². The van der Waals surface area contributed by atoms with Gasteiger partial charge >= 0.3 is 5.97 Å². The molecule has 2 heterocycles. The lowest BCUT2D eigenvalue weighted by molar-refractivity contribution is -0.367. The van der Waals surface area contributed by atoms with Crippen LogP contribution in [0.2, 0.25) is 0 Å². The zero-order chi connectivity index (χ0) is 42.5. The molecule has 8 N–H and O–H groups in total. The van der Waals surface area contributed by atoms with Gasteiger partial charge in [0.15, 0.2) is 18.7 Å². The van der Waals surface area contributed by atoms with Crippen molar-refractivity contribution in [2.75, 3.05) is 19.8 Å². The fraction of sp³-hybridized carbons (Fsp3) is 0.886. The van der Waals surface area contributed by atoms with Gasteiger partial charge in [-0.3, -0.25) is 4.79 Å². The Kier molecular flexibility index (Phi) is 11.8. The van der Waals surface area contributed by atoms with Crippen molar-refractivity contribution < 1.29 is 69.3 Å². The third kappa shape index (κ3) is 6.61. The minimum Gasteiger partial charge on any atom is -0.457 e. The van der Waals surface area contributed by atoms with Gasteiger partial charge in [-0.25, -0.2) is 0 Å². The fourth-order valence-corrected chi connectivity index (χ4v) is 13.4. The summed E-state index contributed by atoms with van der Waals surface area (Å²) in [7, 11) is 0. The van der Waals surface area contributed by atoms with Crippen LogP contribution < -0.4 is 0 Å². The second-order valence-corrected chi connectivity index (χ2v) is 20.9. The summed E-state index contributed by atoms with van der Waals surface area (Å²) in [4.78, 5) is 11.6. The Morgan fingerprint density at radius 1 is 0.810 bits per heavy atom. The van der Waals surface area contributed by atoms with Crippen LogP contribution in [0.1, 0.15) is 107 Å². The molecule has 3 saturated carbocycles. The first-order chi connectivity index (χ1) is 27.1. The lowest BCUT2D eigenvalue weighted by atomic mass is 9.35. The van der Waals surface area contributed by atoms with Crippen molar-refractivity contribution in [2.45, 2.75) is 180 Å². The molecule has 58 heavy (non-hydrogen) atoms. The number of rotatable bonds is 8. The van der Waals surface area contributed by atoms with Crippen LogP contribution in [-0.2, 0) is 28.5 Å². The zero-order valence-corrected chi connectivity index (χ0v) is 35.5. The summed E-state index contributed by atoms with van der Waals surface area (Å²) in [6, 6.07) is 0. The predicted octanol–water partition coefficient (Wildman–Crippen LogP) is 2.25. The van der Waals surface area contributed by atoms with Crippen molar-refractivity contribution in [2.24, 2.45) is 44.3 Å². The zero-order valence-electron chi connectivity index (χ0n) is 35.5.